The van der Waals surface area contributed by atoms with Crippen molar-refractivity contribution in [3.63, 3.8) is 0 Å². The van der Waals surface area contributed by atoms with Crippen molar-refractivity contribution >= 4 is 43.5 Å². The standard InChI is InChI=1S/C44H28O/c1-3-13-29(14-4-1)31-17-11-18-32(27-31)42-36-19-7-9-21-38(36)43(39-22-10-8-20-37(39)42)33-25-26-35-40-24-12-23-34(30-15-5-2-6-16-30)44(40)45-41(35)28-33/h1-28H/i12D,23D,24D,25D,26D,28D. The number of fused-ring (bicyclic) bond motifs is 5. The molecule has 0 amide bonds. The number of rotatable bonds is 4. The minimum Gasteiger partial charge on any atom is -0.455 e. The minimum atomic E-state index is -0.297. The minimum absolute atomic E-state index is 0.0597. The van der Waals surface area contributed by atoms with E-state index in [1.54, 1.807) is 0 Å². The molecule has 1 aromatic heterocycles. The molecule has 0 saturated heterocycles. The number of hydrogen-bond donors (Lipinski definition) is 0. The van der Waals surface area contributed by atoms with Crippen LogP contribution in [-0.4, -0.2) is 0 Å². The summed E-state index contributed by atoms with van der Waals surface area (Å²) in [7, 11) is 0. The average molecular weight is 579 g/mol. The maximum atomic E-state index is 9.64. The summed E-state index contributed by atoms with van der Waals surface area (Å²) in [5.41, 5.74) is 6.39. The van der Waals surface area contributed by atoms with Crippen LogP contribution in [0.25, 0.3) is 88.0 Å². The Bertz CT molecular complexity index is 2800. The Hall–Kier alpha value is -5.92. The average Bonchev–Trinajstić information content (AvgIpc) is 3.57. The lowest BCUT2D eigenvalue weighted by Gasteiger charge is -2.18. The van der Waals surface area contributed by atoms with Crippen LogP contribution in [0.1, 0.15) is 8.22 Å². The Morgan fingerprint density at radius 3 is 1.62 bits per heavy atom. The zero-order valence-electron chi connectivity index (χ0n) is 30.1. The van der Waals surface area contributed by atoms with Gasteiger partial charge in [-0.25, -0.2) is 0 Å². The third-order valence-corrected chi connectivity index (χ3v) is 8.56. The van der Waals surface area contributed by atoms with E-state index in [1.807, 2.05) is 84.9 Å². The van der Waals surface area contributed by atoms with Crippen molar-refractivity contribution in [2.24, 2.45) is 0 Å². The predicted molar refractivity (Wildman–Crippen MR) is 190 cm³/mol. The van der Waals surface area contributed by atoms with E-state index in [9.17, 15) is 4.11 Å². The number of hydrogen-bond acceptors (Lipinski definition) is 1. The van der Waals surface area contributed by atoms with Gasteiger partial charge in [-0.05, 0) is 78.6 Å². The summed E-state index contributed by atoms with van der Waals surface area (Å²) in [5, 5.41) is 3.88. The molecule has 45 heavy (non-hydrogen) atoms. The van der Waals surface area contributed by atoms with Crippen LogP contribution in [0, 0.1) is 0 Å². The van der Waals surface area contributed by atoms with E-state index in [0.717, 1.165) is 43.8 Å². The van der Waals surface area contributed by atoms with Crippen molar-refractivity contribution in [2.45, 2.75) is 0 Å². The Balaban J connectivity index is 1.39. The molecule has 8 aromatic carbocycles. The van der Waals surface area contributed by atoms with Crippen molar-refractivity contribution in [3.05, 3.63) is 170 Å². The van der Waals surface area contributed by atoms with Crippen LogP contribution in [0.4, 0.5) is 0 Å². The molecule has 0 fully saturated rings. The summed E-state index contributed by atoms with van der Waals surface area (Å²) in [6, 6.07) is 42.7. The fourth-order valence-corrected chi connectivity index (χ4v) is 6.54. The maximum Gasteiger partial charge on any atom is 0.143 e. The lowest BCUT2D eigenvalue weighted by Crippen LogP contribution is -1.91. The molecule has 0 spiro atoms. The molecular weight excluding hydrogens is 544 g/mol. The summed E-state index contributed by atoms with van der Waals surface area (Å²) >= 11 is 0. The quantitative estimate of drug-likeness (QED) is 0.189. The second-order valence-electron chi connectivity index (χ2n) is 11.2. The van der Waals surface area contributed by atoms with Gasteiger partial charge in [0.1, 0.15) is 11.2 Å². The van der Waals surface area contributed by atoms with Crippen molar-refractivity contribution < 1.29 is 12.6 Å². The first-order valence-electron chi connectivity index (χ1n) is 18.0. The van der Waals surface area contributed by atoms with E-state index in [1.165, 1.54) is 0 Å². The van der Waals surface area contributed by atoms with Crippen LogP contribution in [0.15, 0.2) is 174 Å². The number of benzene rings is 8. The van der Waals surface area contributed by atoms with Crippen LogP contribution in [-0.2, 0) is 0 Å². The van der Waals surface area contributed by atoms with Crippen molar-refractivity contribution in [3.8, 4) is 44.5 Å². The van der Waals surface area contributed by atoms with Gasteiger partial charge in [-0.15, -0.1) is 0 Å². The lowest BCUT2D eigenvalue weighted by molar-refractivity contribution is 0.670. The van der Waals surface area contributed by atoms with Gasteiger partial charge in [0.15, 0.2) is 0 Å². The van der Waals surface area contributed by atoms with Crippen molar-refractivity contribution in [1.29, 1.82) is 0 Å². The van der Waals surface area contributed by atoms with Gasteiger partial charge in [-0.3, -0.25) is 0 Å². The molecule has 0 radical (unpaired) electrons. The fourth-order valence-electron chi connectivity index (χ4n) is 6.54. The SMILES string of the molecule is [2H]c1c([2H])c([2H])c2c(oc3c([2H])c(-c4c5ccccc5c(-c5cccc(-c6ccccc6)c5)c5ccccc45)c([2H])c([2H])c32)c1-c1ccccc1. The molecule has 0 N–H and O–H groups in total. The molecule has 0 unspecified atom stereocenters. The largest absolute Gasteiger partial charge is 0.455 e. The van der Waals surface area contributed by atoms with Gasteiger partial charge in [0, 0.05) is 16.3 Å². The molecule has 0 saturated carbocycles. The topological polar surface area (TPSA) is 13.1 Å². The molecule has 9 aromatic rings. The van der Waals surface area contributed by atoms with Crippen LogP contribution < -0.4 is 0 Å². The van der Waals surface area contributed by atoms with E-state index in [2.05, 4.69) is 48.5 Å². The zero-order valence-corrected chi connectivity index (χ0v) is 24.1. The first kappa shape index (κ1) is 20.1. The highest BCUT2D eigenvalue weighted by atomic mass is 16.3. The highest BCUT2D eigenvalue weighted by Crippen LogP contribution is 2.45. The fraction of sp³-hybridized carbons (Fsp3) is 0. The predicted octanol–water partition coefficient (Wildman–Crippen LogP) is 12.6. The van der Waals surface area contributed by atoms with E-state index in [0.29, 0.717) is 16.7 Å². The smallest absolute Gasteiger partial charge is 0.143 e. The summed E-state index contributed by atoms with van der Waals surface area (Å²) in [4.78, 5) is 0. The van der Waals surface area contributed by atoms with Gasteiger partial charge in [0.05, 0.1) is 8.22 Å². The molecule has 0 aliphatic heterocycles. The summed E-state index contributed by atoms with van der Waals surface area (Å²) in [6.07, 6.45) is 0. The Kier molecular flexibility index (Phi) is 4.63. The summed E-state index contributed by atoms with van der Waals surface area (Å²) in [6.45, 7) is 0. The third-order valence-electron chi connectivity index (χ3n) is 8.56. The van der Waals surface area contributed by atoms with Gasteiger partial charge in [0.25, 0.3) is 0 Å². The first-order valence-corrected chi connectivity index (χ1v) is 15.0. The molecule has 1 nitrogen and oxygen atoms in total. The number of para-hydroxylation sites is 1. The van der Waals surface area contributed by atoms with Crippen LogP contribution >= 0.6 is 0 Å². The highest BCUT2D eigenvalue weighted by molar-refractivity contribution is 6.22. The van der Waals surface area contributed by atoms with Crippen LogP contribution in [0.2, 0.25) is 0 Å². The molecule has 210 valence electrons. The highest BCUT2D eigenvalue weighted by Gasteiger charge is 2.19. The Morgan fingerprint density at radius 1 is 0.400 bits per heavy atom. The molecule has 1 heteroatoms. The van der Waals surface area contributed by atoms with Gasteiger partial charge < -0.3 is 4.42 Å². The monoisotopic (exact) mass is 578 g/mol. The lowest BCUT2D eigenvalue weighted by atomic mass is 9.85. The molecule has 9 rings (SSSR count). The molecule has 1 heterocycles. The second kappa shape index (κ2) is 10.4. The zero-order chi connectivity index (χ0) is 35.0. The molecular formula is C44H28O. The first-order chi connectivity index (χ1) is 24.8. The van der Waals surface area contributed by atoms with Gasteiger partial charge in [-0.1, -0.05) is 152 Å². The van der Waals surface area contributed by atoms with Crippen molar-refractivity contribution in [2.75, 3.05) is 0 Å². The molecule has 0 aliphatic rings. The molecule has 0 aliphatic carbocycles. The Morgan fingerprint density at radius 2 is 0.956 bits per heavy atom. The maximum absolute atomic E-state index is 9.64. The van der Waals surface area contributed by atoms with E-state index >= 15 is 0 Å². The van der Waals surface area contributed by atoms with Gasteiger partial charge in [-0.2, -0.15) is 0 Å². The van der Waals surface area contributed by atoms with Crippen molar-refractivity contribution in [1.82, 2.24) is 0 Å². The van der Waals surface area contributed by atoms with Crippen LogP contribution in [0.5, 0.6) is 0 Å². The normalized spacial score (nSPS) is 13.4. The third kappa shape index (κ3) is 4.17. The van der Waals surface area contributed by atoms with Crippen LogP contribution in [0.3, 0.4) is 0 Å². The second-order valence-corrected chi connectivity index (χ2v) is 11.2. The van der Waals surface area contributed by atoms with Gasteiger partial charge >= 0.3 is 0 Å². The molecule has 0 bridgehead atoms. The summed E-state index contributed by atoms with van der Waals surface area (Å²) < 4.78 is 61.2. The van der Waals surface area contributed by atoms with E-state index < -0.39 is 0 Å². The molecule has 0 atom stereocenters. The Labute approximate surface area is 270 Å². The number of furan rings is 1. The van der Waals surface area contributed by atoms with E-state index in [-0.39, 0.29) is 63.8 Å². The van der Waals surface area contributed by atoms with Gasteiger partial charge in [0.2, 0.25) is 0 Å². The summed E-state index contributed by atoms with van der Waals surface area (Å²) in [5.74, 6) is 0. The van der Waals surface area contributed by atoms with E-state index in [4.69, 9.17) is 8.53 Å².